The molecule has 1 aromatic carbocycles. The van der Waals surface area contributed by atoms with Crippen molar-refractivity contribution >= 4 is 35.1 Å². The van der Waals surface area contributed by atoms with Crippen LogP contribution in [0.1, 0.15) is 24.5 Å². The minimum absolute atomic E-state index is 0.171. The van der Waals surface area contributed by atoms with Crippen LogP contribution in [0.5, 0.6) is 0 Å². The maximum Gasteiger partial charge on any atom is 0.338 e. The zero-order valence-electron chi connectivity index (χ0n) is 14.1. The Morgan fingerprint density at radius 3 is 2.60 bits per heavy atom. The second-order valence-corrected chi connectivity index (χ2v) is 7.78. The summed E-state index contributed by atoms with van der Waals surface area (Å²) >= 11 is 3.11. The molecule has 0 spiro atoms. The minimum atomic E-state index is -0.935. The monoisotopic (exact) mass is 371 g/mol. The van der Waals surface area contributed by atoms with Gasteiger partial charge in [0.05, 0.1) is 9.81 Å². The third-order valence-electron chi connectivity index (χ3n) is 3.50. The molecule has 3 nitrogen and oxygen atoms in total. The molecule has 1 unspecified atom stereocenters. The molecule has 0 amide bonds. The standard InChI is InChI=1S/C20H21NO2S2/c1-3-17(4-2)25-20(24-14-15-9-6-5-7-10-15)18(19(22)23)16-11-8-12-21-13-16/h3,5-13,17H,1,4,14H2,2H3,(H,22,23). The molecule has 0 saturated heterocycles. The van der Waals surface area contributed by atoms with Gasteiger partial charge in [-0.3, -0.25) is 4.98 Å². The Kier molecular flexibility index (Phi) is 7.82. The van der Waals surface area contributed by atoms with Crippen molar-refractivity contribution in [1.29, 1.82) is 0 Å². The van der Waals surface area contributed by atoms with Crippen LogP contribution >= 0.6 is 23.5 Å². The van der Waals surface area contributed by atoms with E-state index in [2.05, 4.69) is 18.5 Å². The molecule has 0 aliphatic carbocycles. The molecule has 1 aromatic heterocycles. The molecule has 5 heteroatoms. The maximum atomic E-state index is 12.0. The smallest absolute Gasteiger partial charge is 0.338 e. The second kappa shape index (κ2) is 10.1. The van der Waals surface area contributed by atoms with Gasteiger partial charge in [0.25, 0.3) is 0 Å². The van der Waals surface area contributed by atoms with Gasteiger partial charge in [0, 0.05) is 29.0 Å². The highest BCUT2D eigenvalue weighted by Crippen LogP contribution is 2.41. The first kappa shape index (κ1) is 19.3. The van der Waals surface area contributed by atoms with Crippen molar-refractivity contribution in [2.24, 2.45) is 0 Å². The highest BCUT2D eigenvalue weighted by Gasteiger charge is 2.20. The number of carbonyl (C=O) groups is 1. The Balaban J connectivity index is 2.39. The van der Waals surface area contributed by atoms with E-state index in [1.807, 2.05) is 36.4 Å². The Morgan fingerprint density at radius 1 is 1.28 bits per heavy atom. The Labute approximate surface area is 157 Å². The van der Waals surface area contributed by atoms with Crippen molar-refractivity contribution in [1.82, 2.24) is 4.98 Å². The number of hydrogen-bond acceptors (Lipinski definition) is 4. The molecule has 0 saturated carbocycles. The first-order valence-electron chi connectivity index (χ1n) is 7.99. The zero-order valence-corrected chi connectivity index (χ0v) is 15.7. The summed E-state index contributed by atoms with van der Waals surface area (Å²) in [5, 5.41) is 9.99. The lowest BCUT2D eigenvalue weighted by molar-refractivity contribution is -0.130. The van der Waals surface area contributed by atoms with Gasteiger partial charge in [-0.2, -0.15) is 0 Å². The van der Waals surface area contributed by atoms with Gasteiger partial charge in [0.2, 0.25) is 0 Å². The number of pyridine rings is 1. The number of carboxylic acids is 1. The van der Waals surface area contributed by atoms with Crippen LogP contribution in [0.15, 0.2) is 71.8 Å². The first-order valence-corrected chi connectivity index (χ1v) is 9.86. The fourth-order valence-electron chi connectivity index (χ4n) is 2.16. The van der Waals surface area contributed by atoms with E-state index in [9.17, 15) is 9.90 Å². The zero-order chi connectivity index (χ0) is 18.1. The molecule has 2 aromatic rings. The SMILES string of the molecule is C=CC(CC)SC(SCc1ccccc1)=C(C(=O)O)c1cccnc1. The van der Waals surface area contributed by atoms with Gasteiger partial charge in [-0.25, -0.2) is 4.79 Å². The summed E-state index contributed by atoms with van der Waals surface area (Å²) < 4.78 is 0.788. The fourth-order valence-corrected chi connectivity index (χ4v) is 4.68. The topological polar surface area (TPSA) is 50.2 Å². The van der Waals surface area contributed by atoms with Crippen LogP contribution in [0.25, 0.3) is 5.57 Å². The van der Waals surface area contributed by atoms with Crippen molar-refractivity contribution in [3.63, 3.8) is 0 Å². The van der Waals surface area contributed by atoms with Crippen LogP contribution in [0.4, 0.5) is 0 Å². The molecular weight excluding hydrogens is 350 g/mol. The van der Waals surface area contributed by atoms with Crippen LogP contribution in [0.2, 0.25) is 0 Å². The predicted molar refractivity (Wildman–Crippen MR) is 108 cm³/mol. The third-order valence-corrected chi connectivity index (χ3v) is 6.34. The van der Waals surface area contributed by atoms with Crippen molar-refractivity contribution in [2.75, 3.05) is 0 Å². The third kappa shape index (κ3) is 5.80. The van der Waals surface area contributed by atoms with E-state index < -0.39 is 5.97 Å². The summed E-state index contributed by atoms with van der Waals surface area (Å²) in [6.45, 7) is 5.94. The molecule has 1 heterocycles. The lowest BCUT2D eigenvalue weighted by atomic mass is 10.1. The van der Waals surface area contributed by atoms with E-state index in [0.29, 0.717) is 16.9 Å². The average molecular weight is 372 g/mol. The Bertz CT molecular complexity index is 730. The number of thioether (sulfide) groups is 2. The summed E-state index contributed by atoms with van der Waals surface area (Å²) in [4.78, 5) is 16.0. The van der Waals surface area contributed by atoms with Crippen molar-refractivity contribution in [2.45, 2.75) is 24.3 Å². The number of hydrogen-bond donors (Lipinski definition) is 1. The average Bonchev–Trinajstić information content (AvgIpc) is 2.65. The highest BCUT2D eigenvalue weighted by atomic mass is 32.2. The van der Waals surface area contributed by atoms with E-state index >= 15 is 0 Å². The summed E-state index contributed by atoms with van der Waals surface area (Å²) in [6, 6.07) is 13.6. The number of aromatic nitrogens is 1. The number of nitrogens with zero attached hydrogens (tertiary/aromatic N) is 1. The molecule has 2 rings (SSSR count). The summed E-state index contributed by atoms with van der Waals surface area (Å²) in [5.41, 5.74) is 2.09. The van der Waals surface area contributed by atoms with E-state index in [0.717, 1.165) is 16.2 Å². The summed E-state index contributed by atoms with van der Waals surface area (Å²) in [5.74, 6) is -0.219. The van der Waals surface area contributed by atoms with Gasteiger partial charge in [-0.1, -0.05) is 49.4 Å². The van der Waals surface area contributed by atoms with E-state index in [1.54, 1.807) is 48.1 Å². The van der Waals surface area contributed by atoms with Crippen LogP contribution in [-0.4, -0.2) is 21.3 Å². The number of benzene rings is 1. The molecule has 1 atom stereocenters. The molecule has 25 heavy (non-hydrogen) atoms. The molecule has 0 fully saturated rings. The van der Waals surface area contributed by atoms with Crippen LogP contribution in [0.3, 0.4) is 0 Å². The molecular formula is C20H21NO2S2. The van der Waals surface area contributed by atoms with Gasteiger partial charge in [-0.15, -0.1) is 30.1 Å². The van der Waals surface area contributed by atoms with Gasteiger partial charge in [-0.05, 0) is 18.1 Å². The van der Waals surface area contributed by atoms with Crippen molar-refractivity contribution < 1.29 is 9.90 Å². The van der Waals surface area contributed by atoms with Crippen LogP contribution in [0, 0.1) is 0 Å². The number of aliphatic carboxylic acids is 1. The van der Waals surface area contributed by atoms with E-state index in [4.69, 9.17) is 0 Å². The first-order chi connectivity index (χ1) is 12.2. The molecule has 130 valence electrons. The van der Waals surface area contributed by atoms with Gasteiger partial charge in [0.1, 0.15) is 0 Å². The van der Waals surface area contributed by atoms with E-state index in [1.165, 1.54) is 0 Å². The molecule has 0 aliphatic rings. The minimum Gasteiger partial charge on any atom is -0.478 e. The maximum absolute atomic E-state index is 12.0. The molecule has 0 radical (unpaired) electrons. The molecule has 0 bridgehead atoms. The second-order valence-electron chi connectivity index (χ2n) is 5.28. The van der Waals surface area contributed by atoms with Crippen molar-refractivity contribution in [3.8, 4) is 0 Å². The van der Waals surface area contributed by atoms with Gasteiger partial charge in [0.15, 0.2) is 0 Å². The summed E-state index contributed by atoms with van der Waals surface area (Å²) in [6.07, 6.45) is 6.01. The lowest BCUT2D eigenvalue weighted by Gasteiger charge is -2.16. The van der Waals surface area contributed by atoms with E-state index in [-0.39, 0.29) is 5.25 Å². The largest absolute Gasteiger partial charge is 0.478 e. The number of rotatable bonds is 9. The lowest BCUT2D eigenvalue weighted by Crippen LogP contribution is -2.04. The number of carboxylic acid groups (broad SMARTS) is 1. The van der Waals surface area contributed by atoms with Crippen LogP contribution < -0.4 is 0 Å². The molecule has 0 aliphatic heterocycles. The van der Waals surface area contributed by atoms with Crippen LogP contribution in [-0.2, 0) is 10.5 Å². The van der Waals surface area contributed by atoms with Gasteiger partial charge < -0.3 is 5.11 Å². The fraction of sp³-hybridized carbons (Fsp3) is 0.200. The Hall–Kier alpha value is -1.98. The predicted octanol–water partition coefficient (Wildman–Crippen LogP) is 5.47. The highest BCUT2D eigenvalue weighted by molar-refractivity contribution is 8.22. The van der Waals surface area contributed by atoms with Gasteiger partial charge >= 0.3 is 5.97 Å². The quantitative estimate of drug-likeness (QED) is 0.468. The summed E-state index contributed by atoms with van der Waals surface area (Å²) in [7, 11) is 0. The molecule has 1 N–H and O–H groups in total. The van der Waals surface area contributed by atoms with Crippen molar-refractivity contribution in [3.05, 3.63) is 82.9 Å². The normalized spacial score (nSPS) is 13.0. The Morgan fingerprint density at radius 2 is 2.04 bits per heavy atom.